The number of allylic oxidation sites excluding steroid dienone is 2. The Kier molecular flexibility index (Phi) is 3.54. The lowest BCUT2D eigenvalue weighted by molar-refractivity contribution is 0.402. The predicted molar refractivity (Wildman–Crippen MR) is 96.3 cm³/mol. The van der Waals surface area contributed by atoms with E-state index in [2.05, 4.69) is 67.5 Å². The highest BCUT2D eigenvalue weighted by molar-refractivity contribution is 9.10. The zero-order chi connectivity index (χ0) is 15.3. The fraction of sp³-hybridized carbons (Fsp3) is 0.222. The van der Waals surface area contributed by atoms with Crippen LogP contribution in [0.1, 0.15) is 29.5 Å². The molecule has 1 aliphatic heterocycles. The number of nitrogens with one attached hydrogen (secondary N) is 1. The Hall–Kier alpha value is -1.26. The fourth-order valence-electron chi connectivity index (χ4n) is 3.65. The monoisotopic (exact) mass is 419 g/mol. The van der Waals surface area contributed by atoms with E-state index in [-0.39, 0.29) is 6.04 Å². The van der Waals surface area contributed by atoms with E-state index in [1.165, 1.54) is 5.56 Å². The molecule has 3 unspecified atom stereocenters. The van der Waals surface area contributed by atoms with Gasteiger partial charge in [-0.15, -0.1) is 0 Å². The first-order chi connectivity index (χ1) is 10.6. The van der Waals surface area contributed by atoms with Gasteiger partial charge in [0.25, 0.3) is 0 Å². The molecule has 2 N–H and O–H groups in total. The Morgan fingerprint density at radius 2 is 1.73 bits per heavy atom. The highest BCUT2D eigenvalue weighted by Crippen LogP contribution is 2.51. The Morgan fingerprint density at radius 1 is 1.00 bits per heavy atom. The third kappa shape index (κ3) is 2.29. The van der Waals surface area contributed by atoms with E-state index < -0.39 is 0 Å². The van der Waals surface area contributed by atoms with Gasteiger partial charge in [-0.25, -0.2) is 0 Å². The number of halogens is 2. The van der Waals surface area contributed by atoms with Gasteiger partial charge in [-0.3, -0.25) is 0 Å². The van der Waals surface area contributed by atoms with Crippen molar-refractivity contribution in [2.24, 2.45) is 5.92 Å². The van der Waals surface area contributed by atoms with Crippen LogP contribution in [-0.2, 0) is 0 Å². The Morgan fingerprint density at radius 3 is 2.55 bits per heavy atom. The SMILES string of the molecule is Oc1ccc(Br)cc1C1Nc2ccc(Br)cc2C2C=CCC21. The van der Waals surface area contributed by atoms with Crippen LogP contribution in [0, 0.1) is 5.92 Å². The summed E-state index contributed by atoms with van der Waals surface area (Å²) in [6, 6.07) is 12.1. The molecular formula is C18H15Br2NO. The Bertz CT molecular complexity index is 772. The molecule has 2 nitrogen and oxygen atoms in total. The number of fused-ring (bicyclic) bond motifs is 3. The molecule has 0 aromatic heterocycles. The van der Waals surface area contributed by atoms with Crippen LogP contribution in [0.3, 0.4) is 0 Å². The molecule has 3 atom stereocenters. The number of hydrogen-bond acceptors (Lipinski definition) is 2. The summed E-state index contributed by atoms with van der Waals surface area (Å²) in [7, 11) is 0. The molecule has 2 aromatic rings. The maximum atomic E-state index is 10.3. The Balaban J connectivity index is 1.83. The molecule has 0 amide bonds. The van der Waals surface area contributed by atoms with Crippen LogP contribution in [0.25, 0.3) is 0 Å². The van der Waals surface area contributed by atoms with Crippen molar-refractivity contribution >= 4 is 37.5 Å². The van der Waals surface area contributed by atoms with E-state index in [9.17, 15) is 5.11 Å². The maximum Gasteiger partial charge on any atom is 0.120 e. The van der Waals surface area contributed by atoms with E-state index in [1.54, 1.807) is 6.07 Å². The highest BCUT2D eigenvalue weighted by Gasteiger charge is 2.38. The van der Waals surface area contributed by atoms with Crippen molar-refractivity contribution in [3.8, 4) is 5.75 Å². The lowest BCUT2D eigenvalue weighted by Gasteiger charge is -2.37. The minimum atomic E-state index is 0.117. The normalized spacial score (nSPS) is 25.5. The molecule has 4 heteroatoms. The standard InChI is InChI=1S/C18H15Br2NO/c19-10-4-6-16-14(8-10)12-2-1-3-13(12)18(21-16)15-9-11(20)5-7-17(15)22/h1-2,4-9,12-13,18,21-22H,3H2. The average Bonchev–Trinajstić information content (AvgIpc) is 2.99. The van der Waals surface area contributed by atoms with Crippen LogP contribution in [0.2, 0.25) is 0 Å². The average molecular weight is 421 g/mol. The van der Waals surface area contributed by atoms with Crippen molar-refractivity contribution in [1.82, 2.24) is 0 Å². The summed E-state index contributed by atoms with van der Waals surface area (Å²) in [4.78, 5) is 0. The van der Waals surface area contributed by atoms with Crippen molar-refractivity contribution in [2.75, 3.05) is 5.32 Å². The van der Waals surface area contributed by atoms with Gasteiger partial charge in [0.1, 0.15) is 5.75 Å². The minimum Gasteiger partial charge on any atom is -0.508 e. The largest absolute Gasteiger partial charge is 0.508 e. The maximum absolute atomic E-state index is 10.3. The van der Waals surface area contributed by atoms with E-state index in [1.807, 2.05) is 12.1 Å². The predicted octanol–water partition coefficient (Wildman–Crippen LogP) is 5.74. The number of phenolic OH excluding ortho intramolecular Hbond substituents is 1. The van der Waals surface area contributed by atoms with Gasteiger partial charge in [0.05, 0.1) is 6.04 Å². The third-order valence-corrected chi connectivity index (χ3v) is 5.64. The van der Waals surface area contributed by atoms with Crippen LogP contribution in [0.4, 0.5) is 5.69 Å². The Labute approximate surface area is 146 Å². The molecule has 0 radical (unpaired) electrons. The number of benzene rings is 2. The smallest absolute Gasteiger partial charge is 0.120 e. The van der Waals surface area contributed by atoms with Gasteiger partial charge in [0.15, 0.2) is 0 Å². The van der Waals surface area contributed by atoms with Crippen LogP contribution < -0.4 is 5.32 Å². The first-order valence-electron chi connectivity index (χ1n) is 7.34. The molecule has 0 bridgehead atoms. The topological polar surface area (TPSA) is 32.3 Å². The second kappa shape index (κ2) is 5.43. The molecule has 22 heavy (non-hydrogen) atoms. The summed E-state index contributed by atoms with van der Waals surface area (Å²) in [6.07, 6.45) is 5.59. The lowest BCUT2D eigenvalue weighted by atomic mass is 9.77. The number of aromatic hydroxyl groups is 1. The minimum absolute atomic E-state index is 0.117. The van der Waals surface area contributed by atoms with E-state index >= 15 is 0 Å². The van der Waals surface area contributed by atoms with Gasteiger partial charge in [0, 0.05) is 26.1 Å². The van der Waals surface area contributed by atoms with Crippen LogP contribution in [0.5, 0.6) is 5.75 Å². The van der Waals surface area contributed by atoms with Gasteiger partial charge in [-0.2, -0.15) is 0 Å². The quantitative estimate of drug-likeness (QED) is 0.576. The number of phenols is 1. The van der Waals surface area contributed by atoms with Gasteiger partial charge in [-0.1, -0.05) is 44.0 Å². The molecule has 0 spiro atoms. The molecule has 1 heterocycles. The van der Waals surface area contributed by atoms with Crippen LogP contribution in [0.15, 0.2) is 57.5 Å². The second-order valence-corrected chi connectivity index (χ2v) is 7.74. The first-order valence-corrected chi connectivity index (χ1v) is 8.93. The van der Waals surface area contributed by atoms with Gasteiger partial charge >= 0.3 is 0 Å². The number of hydrogen-bond donors (Lipinski definition) is 2. The summed E-state index contributed by atoms with van der Waals surface area (Å²) < 4.78 is 2.10. The molecule has 1 aliphatic carbocycles. The summed E-state index contributed by atoms with van der Waals surface area (Å²) in [6.45, 7) is 0. The fourth-order valence-corrected chi connectivity index (χ4v) is 4.41. The van der Waals surface area contributed by atoms with E-state index in [0.717, 1.165) is 26.6 Å². The molecule has 0 saturated heterocycles. The van der Waals surface area contributed by atoms with Crippen molar-refractivity contribution in [3.63, 3.8) is 0 Å². The molecule has 0 saturated carbocycles. The summed E-state index contributed by atoms with van der Waals surface area (Å²) >= 11 is 7.09. The first kappa shape index (κ1) is 14.3. The number of rotatable bonds is 1. The third-order valence-electron chi connectivity index (χ3n) is 4.65. The summed E-state index contributed by atoms with van der Waals surface area (Å²) in [5.74, 6) is 1.19. The lowest BCUT2D eigenvalue weighted by Crippen LogP contribution is -2.29. The van der Waals surface area contributed by atoms with Crippen molar-refractivity contribution in [1.29, 1.82) is 0 Å². The van der Waals surface area contributed by atoms with E-state index in [4.69, 9.17) is 0 Å². The molecule has 4 rings (SSSR count). The van der Waals surface area contributed by atoms with E-state index in [0.29, 0.717) is 17.6 Å². The highest BCUT2D eigenvalue weighted by atomic mass is 79.9. The second-order valence-electron chi connectivity index (χ2n) is 5.91. The molecule has 2 aliphatic rings. The van der Waals surface area contributed by atoms with Gasteiger partial charge in [-0.05, 0) is 54.3 Å². The van der Waals surface area contributed by atoms with Gasteiger partial charge in [0.2, 0.25) is 0 Å². The molecule has 112 valence electrons. The van der Waals surface area contributed by atoms with Crippen molar-refractivity contribution in [2.45, 2.75) is 18.4 Å². The summed E-state index contributed by atoms with van der Waals surface area (Å²) in [5.41, 5.74) is 3.45. The summed E-state index contributed by atoms with van der Waals surface area (Å²) in [5, 5.41) is 13.9. The zero-order valence-corrected chi connectivity index (χ0v) is 14.9. The van der Waals surface area contributed by atoms with Crippen molar-refractivity contribution in [3.05, 3.63) is 68.6 Å². The van der Waals surface area contributed by atoms with Crippen LogP contribution >= 0.6 is 31.9 Å². The zero-order valence-electron chi connectivity index (χ0n) is 11.8. The van der Waals surface area contributed by atoms with Crippen LogP contribution in [-0.4, -0.2) is 5.11 Å². The molecule has 0 fully saturated rings. The molecule has 2 aromatic carbocycles. The molecular weight excluding hydrogens is 406 g/mol. The van der Waals surface area contributed by atoms with Crippen molar-refractivity contribution < 1.29 is 5.11 Å². The number of anilines is 1. The van der Waals surface area contributed by atoms with Gasteiger partial charge < -0.3 is 10.4 Å².